The number of rotatable bonds is 4. The molecule has 1 unspecified atom stereocenters. The van der Waals surface area contributed by atoms with Gasteiger partial charge >= 0.3 is 0 Å². The molecule has 1 heterocycles. The zero-order valence-corrected chi connectivity index (χ0v) is 15.4. The third-order valence-electron chi connectivity index (χ3n) is 3.93. The third-order valence-corrected chi connectivity index (χ3v) is 5.56. The van der Waals surface area contributed by atoms with Crippen molar-refractivity contribution >= 4 is 48.5 Å². The maximum absolute atomic E-state index is 12.4. The normalized spacial score (nSPS) is 12.3. The van der Waals surface area contributed by atoms with Crippen molar-refractivity contribution in [1.82, 2.24) is 4.98 Å². The molecule has 2 aromatic carbocycles. The highest BCUT2D eigenvalue weighted by molar-refractivity contribution is 9.10. The van der Waals surface area contributed by atoms with E-state index in [-0.39, 0.29) is 5.91 Å². The number of nitrogens with zero attached hydrogens (tertiary/aromatic N) is 1. The molecule has 0 radical (unpaired) electrons. The van der Waals surface area contributed by atoms with Crippen molar-refractivity contribution in [2.24, 2.45) is 0 Å². The molecule has 3 nitrogen and oxygen atoms in total. The van der Waals surface area contributed by atoms with Crippen molar-refractivity contribution in [2.45, 2.75) is 26.2 Å². The molecule has 0 fully saturated rings. The Morgan fingerprint density at radius 1 is 1.30 bits per heavy atom. The summed E-state index contributed by atoms with van der Waals surface area (Å²) in [5, 5.41) is 3.52. The molecule has 1 atom stereocenters. The van der Waals surface area contributed by atoms with Crippen LogP contribution in [0.25, 0.3) is 10.2 Å². The summed E-state index contributed by atoms with van der Waals surface area (Å²) >= 11 is 4.91. The molecule has 3 aromatic rings. The molecule has 0 aliphatic rings. The van der Waals surface area contributed by atoms with Gasteiger partial charge in [-0.15, -0.1) is 0 Å². The zero-order chi connectivity index (χ0) is 16.4. The first-order valence-corrected chi connectivity index (χ1v) is 9.15. The number of amides is 1. The number of carbonyl (C=O) groups is 1. The maximum Gasteiger partial charge on any atom is 0.258 e. The molecule has 1 amide bonds. The Balaban J connectivity index is 1.86. The van der Waals surface area contributed by atoms with Gasteiger partial charge in [0.1, 0.15) is 0 Å². The van der Waals surface area contributed by atoms with Gasteiger partial charge in [-0.25, -0.2) is 4.98 Å². The molecule has 1 N–H and O–H groups in total. The molecule has 5 heteroatoms. The minimum absolute atomic E-state index is 0.154. The molecule has 0 saturated carbocycles. The minimum Gasteiger partial charge on any atom is -0.298 e. The van der Waals surface area contributed by atoms with E-state index >= 15 is 0 Å². The third kappa shape index (κ3) is 3.46. The van der Waals surface area contributed by atoms with Crippen LogP contribution in [0.5, 0.6) is 0 Å². The van der Waals surface area contributed by atoms with E-state index < -0.39 is 0 Å². The average Bonchev–Trinajstić information content (AvgIpc) is 2.95. The topological polar surface area (TPSA) is 42.0 Å². The fourth-order valence-electron chi connectivity index (χ4n) is 2.35. The summed E-state index contributed by atoms with van der Waals surface area (Å²) in [5.74, 6) is 0.374. The lowest BCUT2D eigenvalue weighted by atomic mass is 9.99. The number of hydrogen-bond acceptors (Lipinski definition) is 3. The van der Waals surface area contributed by atoms with E-state index in [2.05, 4.69) is 52.2 Å². The Morgan fingerprint density at radius 2 is 2.09 bits per heavy atom. The predicted molar refractivity (Wildman–Crippen MR) is 100 cm³/mol. The zero-order valence-electron chi connectivity index (χ0n) is 13.0. The van der Waals surface area contributed by atoms with Gasteiger partial charge in [0.2, 0.25) is 0 Å². The number of fused-ring (bicyclic) bond motifs is 1. The summed E-state index contributed by atoms with van der Waals surface area (Å²) in [5.41, 5.74) is 2.84. The Kier molecular flexibility index (Phi) is 4.78. The predicted octanol–water partition coefficient (Wildman–Crippen LogP) is 5.82. The summed E-state index contributed by atoms with van der Waals surface area (Å²) in [6.45, 7) is 4.41. The lowest BCUT2D eigenvalue weighted by Gasteiger charge is -2.07. The Morgan fingerprint density at radius 3 is 2.83 bits per heavy atom. The molecule has 1 aromatic heterocycles. The molecule has 0 bridgehead atoms. The smallest absolute Gasteiger partial charge is 0.258 e. The van der Waals surface area contributed by atoms with Crippen molar-refractivity contribution in [1.29, 1.82) is 0 Å². The van der Waals surface area contributed by atoms with E-state index in [4.69, 9.17) is 0 Å². The fourth-order valence-corrected chi connectivity index (χ4v) is 3.72. The first kappa shape index (κ1) is 16.1. The number of benzene rings is 2. The van der Waals surface area contributed by atoms with Crippen LogP contribution in [0.15, 0.2) is 46.9 Å². The van der Waals surface area contributed by atoms with Crippen LogP contribution in [0.1, 0.15) is 42.1 Å². The van der Waals surface area contributed by atoms with Crippen LogP contribution >= 0.6 is 27.3 Å². The van der Waals surface area contributed by atoms with Crippen LogP contribution < -0.4 is 5.32 Å². The first-order chi connectivity index (χ1) is 11.1. The SMILES string of the molecule is CCC(C)c1ccc2nc(NC(=O)c3ccccc3Br)sc2c1. The van der Waals surface area contributed by atoms with Crippen molar-refractivity contribution in [3.05, 3.63) is 58.1 Å². The monoisotopic (exact) mass is 388 g/mol. The highest BCUT2D eigenvalue weighted by atomic mass is 79.9. The fraction of sp³-hybridized carbons (Fsp3) is 0.222. The van der Waals surface area contributed by atoms with Gasteiger partial charge in [0, 0.05) is 4.47 Å². The minimum atomic E-state index is -0.154. The van der Waals surface area contributed by atoms with E-state index in [0.29, 0.717) is 16.6 Å². The summed E-state index contributed by atoms with van der Waals surface area (Å²) < 4.78 is 1.88. The molecular formula is C18H17BrN2OS. The van der Waals surface area contributed by atoms with Gasteiger partial charge in [0.05, 0.1) is 15.8 Å². The van der Waals surface area contributed by atoms with E-state index in [1.165, 1.54) is 16.9 Å². The second kappa shape index (κ2) is 6.81. The Hall–Kier alpha value is -1.72. The van der Waals surface area contributed by atoms with Crippen molar-refractivity contribution in [3.63, 3.8) is 0 Å². The summed E-state index contributed by atoms with van der Waals surface area (Å²) in [7, 11) is 0. The van der Waals surface area contributed by atoms with Crippen LogP contribution in [0.2, 0.25) is 0 Å². The summed E-state index contributed by atoms with van der Waals surface area (Å²) in [6, 6.07) is 13.7. The number of halogens is 1. The second-order valence-electron chi connectivity index (χ2n) is 5.49. The number of hydrogen-bond donors (Lipinski definition) is 1. The van der Waals surface area contributed by atoms with Crippen LogP contribution in [0.3, 0.4) is 0 Å². The highest BCUT2D eigenvalue weighted by Gasteiger charge is 2.13. The van der Waals surface area contributed by atoms with Crippen LogP contribution in [0, 0.1) is 0 Å². The lowest BCUT2D eigenvalue weighted by Crippen LogP contribution is -2.12. The van der Waals surface area contributed by atoms with E-state index in [0.717, 1.165) is 21.1 Å². The van der Waals surface area contributed by atoms with Crippen LogP contribution in [-0.2, 0) is 0 Å². The molecule has 118 valence electrons. The second-order valence-corrected chi connectivity index (χ2v) is 7.37. The van der Waals surface area contributed by atoms with Gasteiger partial charge < -0.3 is 0 Å². The number of carbonyl (C=O) groups excluding carboxylic acids is 1. The number of anilines is 1. The molecule has 0 aliphatic carbocycles. The van der Waals surface area contributed by atoms with Gasteiger partial charge in [-0.3, -0.25) is 10.1 Å². The molecule has 3 rings (SSSR count). The Bertz CT molecular complexity index is 859. The average molecular weight is 389 g/mol. The van der Waals surface area contributed by atoms with E-state index in [1.54, 1.807) is 6.07 Å². The van der Waals surface area contributed by atoms with E-state index in [1.807, 2.05) is 24.3 Å². The molecule has 23 heavy (non-hydrogen) atoms. The Labute approximate surface area is 147 Å². The largest absolute Gasteiger partial charge is 0.298 e. The number of thiazole rings is 1. The van der Waals surface area contributed by atoms with Crippen LogP contribution in [0.4, 0.5) is 5.13 Å². The maximum atomic E-state index is 12.4. The molecule has 0 saturated heterocycles. The highest BCUT2D eigenvalue weighted by Crippen LogP contribution is 2.30. The summed E-state index contributed by atoms with van der Waals surface area (Å²) in [4.78, 5) is 16.9. The molecule has 0 aliphatic heterocycles. The lowest BCUT2D eigenvalue weighted by molar-refractivity contribution is 0.102. The van der Waals surface area contributed by atoms with Gasteiger partial charge in [0.15, 0.2) is 5.13 Å². The number of aromatic nitrogens is 1. The van der Waals surface area contributed by atoms with Gasteiger partial charge in [0.25, 0.3) is 5.91 Å². The van der Waals surface area contributed by atoms with Crippen molar-refractivity contribution in [2.75, 3.05) is 5.32 Å². The first-order valence-electron chi connectivity index (χ1n) is 7.55. The van der Waals surface area contributed by atoms with Gasteiger partial charge in [-0.2, -0.15) is 0 Å². The van der Waals surface area contributed by atoms with Crippen molar-refractivity contribution in [3.8, 4) is 0 Å². The van der Waals surface area contributed by atoms with E-state index in [9.17, 15) is 4.79 Å². The molecule has 0 spiro atoms. The standard InChI is InChI=1S/C18H17BrN2OS/c1-3-11(2)12-8-9-15-16(10-12)23-18(20-15)21-17(22)13-6-4-5-7-14(13)19/h4-11H,3H2,1-2H3,(H,20,21,22). The van der Waals surface area contributed by atoms with Crippen molar-refractivity contribution < 1.29 is 4.79 Å². The quantitative estimate of drug-likeness (QED) is 0.611. The molecular weight excluding hydrogens is 372 g/mol. The van der Waals surface area contributed by atoms with Crippen LogP contribution in [-0.4, -0.2) is 10.9 Å². The van der Waals surface area contributed by atoms with Gasteiger partial charge in [-0.05, 0) is 58.1 Å². The van der Waals surface area contributed by atoms with Gasteiger partial charge in [-0.1, -0.05) is 43.4 Å². The number of nitrogens with one attached hydrogen (secondary N) is 1. The summed E-state index contributed by atoms with van der Waals surface area (Å²) in [6.07, 6.45) is 1.11.